The van der Waals surface area contributed by atoms with Crippen LogP contribution in [-0.2, 0) is 10.1 Å². The van der Waals surface area contributed by atoms with E-state index in [-0.39, 0.29) is 35.3 Å². The van der Waals surface area contributed by atoms with Gasteiger partial charge in [-0.25, -0.2) is 8.42 Å². The Morgan fingerprint density at radius 3 is 2.00 bits per heavy atom. The van der Waals surface area contributed by atoms with Crippen molar-refractivity contribution in [3.8, 4) is 0 Å². The molecule has 0 fully saturated rings. The molecule has 6 heteroatoms. The molecule has 0 atom stereocenters. The molecule has 0 unspecified atom stereocenters. The molecule has 0 saturated heterocycles. The van der Waals surface area contributed by atoms with Gasteiger partial charge in [0.15, 0.2) is 0 Å². The average Bonchev–Trinajstić information content (AvgIpc) is 1.85. The number of hydrogen-bond donors (Lipinski definition) is 0. The van der Waals surface area contributed by atoms with Crippen LogP contribution in [0.4, 0.5) is 0 Å². The van der Waals surface area contributed by atoms with Gasteiger partial charge in [0.05, 0.1) is 10.1 Å². The quantitative estimate of drug-likeness (QED) is 0.234. The van der Waals surface area contributed by atoms with E-state index in [0.717, 1.165) is 19.3 Å². The molecule has 0 rings (SSSR count). The van der Waals surface area contributed by atoms with Crippen molar-refractivity contribution in [1.29, 1.82) is 0 Å². The maximum absolute atomic E-state index is 10.1. The van der Waals surface area contributed by atoms with E-state index in [0.29, 0.717) is 12.3 Å². The minimum Gasteiger partial charge on any atom is -0.748 e. The zero-order chi connectivity index (χ0) is 8.74. The van der Waals surface area contributed by atoms with Gasteiger partial charge in [0, 0.05) is 11.6 Å². The summed E-state index contributed by atoms with van der Waals surface area (Å²) < 4.78 is 30.2. The van der Waals surface area contributed by atoms with E-state index in [1.54, 1.807) is 0 Å². The third-order valence-electron chi connectivity index (χ3n) is 1.28. The normalized spacial score (nSPS) is 10.8. The van der Waals surface area contributed by atoms with Crippen LogP contribution in [0.1, 0.15) is 25.7 Å². The fourth-order valence-electron chi connectivity index (χ4n) is 0.727. The van der Waals surface area contributed by atoms with Gasteiger partial charge in [-0.3, -0.25) is 0 Å². The Labute approximate surface area is 101 Å². The molecule has 0 heterocycles. The zero-order valence-electron chi connectivity index (χ0n) is 7.25. The Bertz CT molecular complexity index is 181. The molecule has 3 nitrogen and oxygen atoms in total. The third kappa shape index (κ3) is 13.8. The van der Waals surface area contributed by atoms with Gasteiger partial charge in [0.2, 0.25) is 0 Å². The smallest absolute Gasteiger partial charge is 0.748 e. The topological polar surface area (TPSA) is 57.2 Å². The van der Waals surface area contributed by atoms with Crippen molar-refractivity contribution < 1.29 is 42.5 Å². The van der Waals surface area contributed by atoms with Crippen LogP contribution in [0.25, 0.3) is 0 Å². The molecule has 0 aromatic heterocycles. The molecule has 0 aliphatic rings. The Kier molecular flexibility index (Phi) is 11.5. The van der Waals surface area contributed by atoms with Crippen molar-refractivity contribution in [2.45, 2.75) is 25.7 Å². The predicted octanol–water partition coefficient (Wildman–Crippen LogP) is -1.67. The van der Waals surface area contributed by atoms with Crippen molar-refractivity contribution in [3.63, 3.8) is 0 Å². The van der Waals surface area contributed by atoms with E-state index in [1.165, 1.54) is 0 Å². The molecule has 0 N–H and O–H groups in total. The van der Waals surface area contributed by atoms with E-state index in [2.05, 4.69) is 0 Å². The van der Waals surface area contributed by atoms with E-state index >= 15 is 0 Å². The van der Waals surface area contributed by atoms with Crippen molar-refractivity contribution >= 4 is 21.7 Å². The minimum absolute atomic E-state index is 0. The van der Waals surface area contributed by atoms with Crippen LogP contribution in [0.2, 0.25) is 0 Å². The van der Waals surface area contributed by atoms with Crippen LogP contribution < -0.4 is 29.6 Å². The van der Waals surface area contributed by atoms with Crippen LogP contribution in [-0.4, -0.2) is 24.6 Å². The van der Waals surface area contributed by atoms with Gasteiger partial charge in [-0.1, -0.05) is 12.8 Å². The summed E-state index contributed by atoms with van der Waals surface area (Å²) >= 11 is 5.39. The molecule has 12 heavy (non-hydrogen) atoms. The van der Waals surface area contributed by atoms with Crippen LogP contribution >= 0.6 is 11.6 Å². The van der Waals surface area contributed by atoms with Gasteiger partial charge < -0.3 is 4.55 Å². The molecular formula is C6H12ClNaO3S. The molecule has 0 amide bonds. The minimum atomic E-state index is -3.99. The molecular weight excluding hydrogens is 211 g/mol. The molecule has 68 valence electrons. The van der Waals surface area contributed by atoms with Crippen molar-refractivity contribution in [2.75, 3.05) is 11.6 Å². The van der Waals surface area contributed by atoms with Gasteiger partial charge in [0.25, 0.3) is 0 Å². The third-order valence-corrected chi connectivity index (χ3v) is 2.33. The summed E-state index contributed by atoms with van der Waals surface area (Å²) in [6.07, 6.45) is 3.02. The Morgan fingerprint density at radius 1 is 1.08 bits per heavy atom. The van der Waals surface area contributed by atoms with E-state index in [1.807, 2.05) is 0 Å². The van der Waals surface area contributed by atoms with Crippen LogP contribution in [0.15, 0.2) is 0 Å². The average molecular weight is 223 g/mol. The maximum Gasteiger partial charge on any atom is 1.00 e. The van der Waals surface area contributed by atoms with Crippen LogP contribution in [0.3, 0.4) is 0 Å². The summed E-state index contributed by atoms with van der Waals surface area (Å²) in [5.41, 5.74) is 0. The summed E-state index contributed by atoms with van der Waals surface area (Å²) in [5, 5.41) is 0. The number of alkyl halides is 1. The van der Waals surface area contributed by atoms with Crippen LogP contribution in [0, 0.1) is 0 Å². The van der Waals surface area contributed by atoms with Gasteiger partial charge in [0.1, 0.15) is 0 Å². The second-order valence-corrected chi connectivity index (χ2v) is 4.27. The molecule has 0 aromatic carbocycles. The Hall–Kier alpha value is 1.20. The van der Waals surface area contributed by atoms with Crippen molar-refractivity contribution in [3.05, 3.63) is 0 Å². The molecule has 0 bridgehead atoms. The second-order valence-electron chi connectivity index (χ2n) is 2.36. The fraction of sp³-hybridized carbons (Fsp3) is 1.00. The van der Waals surface area contributed by atoms with E-state index in [4.69, 9.17) is 11.6 Å². The molecule has 0 radical (unpaired) electrons. The fourth-order valence-corrected chi connectivity index (χ4v) is 1.47. The molecule has 0 aliphatic carbocycles. The summed E-state index contributed by atoms with van der Waals surface area (Å²) in [6.45, 7) is 0. The number of hydrogen-bond acceptors (Lipinski definition) is 3. The SMILES string of the molecule is O=S(=O)([O-])CCCCCCCl.[Na+]. The first kappa shape index (κ1) is 15.7. The summed E-state index contributed by atoms with van der Waals surface area (Å²) in [4.78, 5) is 0. The van der Waals surface area contributed by atoms with Gasteiger partial charge in [-0.15, -0.1) is 11.6 Å². The Morgan fingerprint density at radius 2 is 1.58 bits per heavy atom. The van der Waals surface area contributed by atoms with Gasteiger partial charge in [-0.05, 0) is 12.8 Å². The zero-order valence-corrected chi connectivity index (χ0v) is 10.8. The summed E-state index contributed by atoms with van der Waals surface area (Å²) in [6, 6.07) is 0. The van der Waals surface area contributed by atoms with Crippen LogP contribution in [0.5, 0.6) is 0 Å². The number of rotatable bonds is 6. The maximum atomic E-state index is 10.1. The first-order valence-electron chi connectivity index (χ1n) is 3.56. The summed E-state index contributed by atoms with van der Waals surface area (Å²) in [7, 11) is -3.99. The molecule has 0 saturated carbocycles. The largest absolute Gasteiger partial charge is 1.00 e. The van der Waals surface area contributed by atoms with Crippen molar-refractivity contribution in [2.24, 2.45) is 0 Å². The molecule has 0 aliphatic heterocycles. The van der Waals surface area contributed by atoms with Gasteiger partial charge in [-0.2, -0.15) is 0 Å². The predicted molar refractivity (Wildman–Crippen MR) is 43.8 cm³/mol. The van der Waals surface area contributed by atoms with E-state index in [9.17, 15) is 13.0 Å². The first-order valence-corrected chi connectivity index (χ1v) is 5.67. The monoisotopic (exact) mass is 222 g/mol. The van der Waals surface area contributed by atoms with Gasteiger partial charge >= 0.3 is 29.6 Å². The van der Waals surface area contributed by atoms with E-state index < -0.39 is 10.1 Å². The summed E-state index contributed by atoms with van der Waals surface area (Å²) in [5.74, 6) is 0.361. The standard InChI is InChI=1S/C6H13ClO3S.Na/c7-5-3-1-2-4-6-11(8,9)10;/h1-6H2,(H,8,9,10);/q;+1/p-1. The number of halogens is 1. The molecule has 0 spiro atoms. The van der Waals surface area contributed by atoms with Crippen molar-refractivity contribution in [1.82, 2.24) is 0 Å². The Balaban J connectivity index is 0. The molecule has 0 aromatic rings. The number of unbranched alkanes of at least 4 members (excludes halogenated alkanes) is 3. The first-order chi connectivity index (χ1) is 5.06. The second kappa shape index (κ2) is 8.78.